The summed E-state index contributed by atoms with van der Waals surface area (Å²) in [6.07, 6.45) is 4.18. The standard InChI is InChI=1S/C29H37N3O3/c1-21-12-16-25(17-13-21)32-28(23-14-15-23)27(30-31-32)24(19-26(33)35-29(2,3)4)11-8-18-34-20-22-9-6-5-7-10-22/h5-7,9-10,12-13,16-17,23-24H,8,11,14-15,18-20H2,1-4H3/t24-/m0/s1. The van der Waals surface area contributed by atoms with Crippen LogP contribution in [0.1, 0.15) is 87.2 Å². The van der Waals surface area contributed by atoms with Crippen LogP contribution in [0.3, 0.4) is 0 Å². The molecule has 35 heavy (non-hydrogen) atoms. The van der Waals surface area contributed by atoms with Gasteiger partial charge in [0.1, 0.15) is 5.60 Å². The van der Waals surface area contributed by atoms with Crippen LogP contribution in [0.2, 0.25) is 0 Å². The minimum atomic E-state index is -0.515. The first-order valence-electron chi connectivity index (χ1n) is 12.7. The number of esters is 1. The normalized spacial score (nSPS) is 14.6. The number of hydrogen-bond donors (Lipinski definition) is 0. The summed E-state index contributed by atoms with van der Waals surface area (Å²) in [5.74, 6) is 0.191. The molecule has 1 saturated carbocycles. The van der Waals surface area contributed by atoms with Gasteiger partial charge in [-0.3, -0.25) is 4.79 Å². The van der Waals surface area contributed by atoms with Crippen LogP contribution in [0.4, 0.5) is 0 Å². The van der Waals surface area contributed by atoms with Gasteiger partial charge in [-0.05, 0) is 71.1 Å². The predicted octanol–water partition coefficient (Wildman–Crippen LogP) is 6.27. The zero-order valence-corrected chi connectivity index (χ0v) is 21.4. The first kappa shape index (κ1) is 25.1. The van der Waals surface area contributed by atoms with E-state index in [2.05, 4.69) is 53.6 Å². The van der Waals surface area contributed by atoms with E-state index in [-0.39, 0.29) is 11.9 Å². The number of carbonyl (C=O) groups excluding carboxylic acids is 1. The zero-order valence-electron chi connectivity index (χ0n) is 21.4. The number of rotatable bonds is 11. The van der Waals surface area contributed by atoms with Gasteiger partial charge in [0.25, 0.3) is 0 Å². The molecule has 1 aliphatic rings. The van der Waals surface area contributed by atoms with Crippen molar-refractivity contribution >= 4 is 5.97 Å². The number of nitrogens with zero attached hydrogens (tertiary/aromatic N) is 3. The second kappa shape index (κ2) is 11.2. The molecule has 0 unspecified atom stereocenters. The summed E-state index contributed by atoms with van der Waals surface area (Å²) in [5.41, 5.74) is 4.95. The van der Waals surface area contributed by atoms with E-state index < -0.39 is 5.60 Å². The molecule has 3 aromatic rings. The fourth-order valence-corrected chi connectivity index (χ4v) is 4.32. The van der Waals surface area contributed by atoms with Crippen molar-refractivity contribution < 1.29 is 14.3 Å². The van der Waals surface area contributed by atoms with Gasteiger partial charge < -0.3 is 9.47 Å². The topological polar surface area (TPSA) is 66.2 Å². The summed E-state index contributed by atoms with van der Waals surface area (Å²) in [7, 11) is 0. The smallest absolute Gasteiger partial charge is 0.306 e. The lowest BCUT2D eigenvalue weighted by Crippen LogP contribution is -2.25. The van der Waals surface area contributed by atoms with Gasteiger partial charge >= 0.3 is 5.97 Å². The Kier molecular flexibility index (Phi) is 8.01. The number of aryl methyl sites for hydroxylation is 1. The molecular formula is C29H37N3O3. The van der Waals surface area contributed by atoms with Crippen molar-refractivity contribution in [3.8, 4) is 5.69 Å². The van der Waals surface area contributed by atoms with Crippen molar-refractivity contribution in [1.29, 1.82) is 0 Å². The Labute approximate surface area is 208 Å². The summed E-state index contributed by atoms with van der Waals surface area (Å²) < 4.78 is 13.6. The molecule has 0 spiro atoms. The third kappa shape index (κ3) is 7.25. The Hall–Kier alpha value is -2.99. The van der Waals surface area contributed by atoms with E-state index in [4.69, 9.17) is 9.47 Å². The molecule has 2 aromatic carbocycles. The van der Waals surface area contributed by atoms with Crippen molar-refractivity contribution in [2.24, 2.45) is 0 Å². The SMILES string of the molecule is Cc1ccc(-n2nnc([C@@H](CCCOCc3ccccc3)CC(=O)OC(C)(C)C)c2C2CC2)cc1. The van der Waals surface area contributed by atoms with Gasteiger partial charge in [0.2, 0.25) is 0 Å². The maximum atomic E-state index is 12.8. The van der Waals surface area contributed by atoms with Crippen molar-refractivity contribution in [2.45, 2.75) is 83.8 Å². The molecule has 186 valence electrons. The van der Waals surface area contributed by atoms with Crippen LogP contribution >= 0.6 is 0 Å². The van der Waals surface area contributed by atoms with Crippen LogP contribution in [-0.2, 0) is 20.9 Å². The molecule has 0 radical (unpaired) electrons. The summed E-state index contributed by atoms with van der Waals surface area (Å²) in [4.78, 5) is 12.8. The van der Waals surface area contributed by atoms with Crippen LogP contribution in [0.15, 0.2) is 54.6 Å². The average Bonchev–Trinajstić information content (AvgIpc) is 3.56. The molecule has 0 N–H and O–H groups in total. The van der Waals surface area contributed by atoms with Crippen molar-refractivity contribution in [1.82, 2.24) is 15.0 Å². The number of carbonyl (C=O) groups is 1. The molecule has 1 heterocycles. The summed E-state index contributed by atoms with van der Waals surface area (Å²) in [6.45, 7) is 9.01. The second-order valence-electron chi connectivity index (χ2n) is 10.5. The van der Waals surface area contributed by atoms with E-state index in [1.807, 2.05) is 43.7 Å². The van der Waals surface area contributed by atoms with Gasteiger partial charge in [-0.15, -0.1) is 5.10 Å². The fourth-order valence-electron chi connectivity index (χ4n) is 4.32. The highest BCUT2D eigenvalue weighted by molar-refractivity contribution is 5.71. The van der Waals surface area contributed by atoms with E-state index in [0.717, 1.165) is 48.3 Å². The largest absolute Gasteiger partial charge is 0.460 e. The predicted molar refractivity (Wildman–Crippen MR) is 137 cm³/mol. The molecule has 1 fully saturated rings. The van der Waals surface area contributed by atoms with Gasteiger partial charge in [0, 0.05) is 18.4 Å². The molecule has 6 heteroatoms. The minimum Gasteiger partial charge on any atom is -0.460 e. The van der Waals surface area contributed by atoms with Crippen LogP contribution in [0.5, 0.6) is 0 Å². The molecular weight excluding hydrogens is 438 g/mol. The van der Waals surface area contributed by atoms with Crippen molar-refractivity contribution in [2.75, 3.05) is 6.61 Å². The molecule has 6 nitrogen and oxygen atoms in total. The van der Waals surface area contributed by atoms with Crippen LogP contribution < -0.4 is 0 Å². The molecule has 1 aliphatic carbocycles. The maximum absolute atomic E-state index is 12.8. The fraction of sp³-hybridized carbons (Fsp3) is 0.483. The van der Waals surface area contributed by atoms with Gasteiger partial charge in [-0.1, -0.05) is 53.2 Å². The van der Waals surface area contributed by atoms with E-state index >= 15 is 0 Å². The van der Waals surface area contributed by atoms with Crippen molar-refractivity contribution in [3.05, 3.63) is 77.1 Å². The average molecular weight is 476 g/mol. The van der Waals surface area contributed by atoms with Gasteiger partial charge in [-0.25, -0.2) is 4.68 Å². The van der Waals surface area contributed by atoms with Crippen LogP contribution in [0.25, 0.3) is 5.69 Å². The van der Waals surface area contributed by atoms with E-state index in [1.54, 1.807) is 0 Å². The molecule has 4 rings (SSSR count). The lowest BCUT2D eigenvalue weighted by molar-refractivity contribution is -0.155. The van der Waals surface area contributed by atoms with Gasteiger partial charge in [0.15, 0.2) is 0 Å². The first-order valence-corrected chi connectivity index (χ1v) is 12.7. The molecule has 1 atom stereocenters. The lowest BCUT2D eigenvalue weighted by Gasteiger charge is -2.22. The Morgan fingerprint density at radius 1 is 1.09 bits per heavy atom. The van der Waals surface area contributed by atoms with Gasteiger partial charge in [-0.2, -0.15) is 0 Å². The highest BCUT2D eigenvalue weighted by Gasteiger charge is 2.35. The van der Waals surface area contributed by atoms with Crippen LogP contribution in [-0.4, -0.2) is 33.2 Å². The number of benzene rings is 2. The monoisotopic (exact) mass is 475 g/mol. The number of aromatic nitrogens is 3. The van der Waals surface area contributed by atoms with Crippen LogP contribution in [0, 0.1) is 6.92 Å². The summed E-state index contributed by atoms with van der Waals surface area (Å²) in [5, 5.41) is 9.18. The Morgan fingerprint density at radius 3 is 2.46 bits per heavy atom. The zero-order chi connectivity index (χ0) is 24.8. The Morgan fingerprint density at radius 2 is 1.80 bits per heavy atom. The van der Waals surface area contributed by atoms with E-state index in [1.165, 1.54) is 5.56 Å². The Balaban J connectivity index is 1.50. The maximum Gasteiger partial charge on any atom is 0.306 e. The molecule has 0 aliphatic heterocycles. The number of hydrogen-bond acceptors (Lipinski definition) is 5. The first-order chi connectivity index (χ1) is 16.8. The van der Waals surface area contributed by atoms with E-state index in [0.29, 0.717) is 25.6 Å². The second-order valence-corrected chi connectivity index (χ2v) is 10.5. The van der Waals surface area contributed by atoms with Crippen molar-refractivity contribution in [3.63, 3.8) is 0 Å². The Bertz CT molecular complexity index is 1100. The lowest BCUT2D eigenvalue weighted by atomic mass is 9.93. The highest BCUT2D eigenvalue weighted by Crippen LogP contribution is 2.44. The third-order valence-corrected chi connectivity index (χ3v) is 6.15. The number of ether oxygens (including phenoxy) is 2. The molecule has 1 aromatic heterocycles. The highest BCUT2D eigenvalue weighted by atomic mass is 16.6. The molecule has 0 saturated heterocycles. The summed E-state index contributed by atoms with van der Waals surface area (Å²) >= 11 is 0. The summed E-state index contributed by atoms with van der Waals surface area (Å²) in [6, 6.07) is 18.5. The van der Waals surface area contributed by atoms with Gasteiger partial charge in [0.05, 0.1) is 30.1 Å². The third-order valence-electron chi connectivity index (χ3n) is 6.15. The molecule has 0 amide bonds. The quantitative estimate of drug-likeness (QED) is 0.242. The van der Waals surface area contributed by atoms with E-state index in [9.17, 15) is 4.79 Å². The minimum absolute atomic E-state index is 0.0556. The molecule has 0 bridgehead atoms.